The first-order valence-corrected chi connectivity index (χ1v) is 22.0. The lowest BCUT2D eigenvalue weighted by atomic mass is 9.85. The van der Waals surface area contributed by atoms with E-state index in [2.05, 4.69) is 13.8 Å². The summed E-state index contributed by atoms with van der Waals surface area (Å²) in [5.74, 6) is 0.421. The predicted octanol–water partition coefficient (Wildman–Crippen LogP) is 15.1. The van der Waals surface area contributed by atoms with E-state index >= 15 is 0 Å². The maximum atomic E-state index is 11.4. The van der Waals surface area contributed by atoms with Crippen LogP contribution < -0.4 is 0 Å². The standard InChI is InChI=1S/C22H42O2.C22H44O2/c23-22(24)20-16-11-9-7-5-3-1-2-4-6-8-10-13-17-21-18-14-12-15-19-21;1-3-5-7-8-9-10-11-12-13-14-15-16-17-18-19-20-22(23)24-21-6-4-2/h21H,1-20H2,(H,23,24);3-21H2,1-2H3. The molecule has 0 amide bonds. The van der Waals surface area contributed by atoms with Gasteiger partial charge in [0.2, 0.25) is 0 Å². The van der Waals surface area contributed by atoms with Crippen LogP contribution in [0, 0.1) is 5.92 Å². The molecule has 0 spiro atoms. The molecule has 0 aromatic heterocycles. The van der Waals surface area contributed by atoms with E-state index in [1.807, 2.05) is 0 Å². The number of unbranched alkanes of at least 4 members (excludes halogenated alkanes) is 27. The molecule has 1 aliphatic carbocycles. The molecule has 48 heavy (non-hydrogen) atoms. The highest BCUT2D eigenvalue weighted by atomic mass is 16.5. The van der Waals surface area contributed by atoms with Gasteiger partial charge in [0.1, 0.15) is 0 Å². The molecule has 4 nitrogen and oxygen atoms in total. The van der Waals surface area contributed by atoms with Gasteiger partial charge in [-0.2, -0.15) is 0 Å². The number of carbonyl (C=O) groups is 2. The van der Waals surface area contributed by atoms with Crippen LogP contribution in [0.4, 0.5) is 0 Å². The number of ether oxygens (including phenoxy) is 1. The monoisotopic (exact) mass is 679 g/mol. The molecule has 1 N–H and O–H groups in total. The number of carboxylic acids is 1. The Morgan fingerprint density at radius 1 is 0.458 bits per heavy atom. The molecule has 0 bridgehead atoms. The SMILES string of the molecule is CCCCCCCCCCCCCCCCCC(=O)OCCCC.O=C(O)CCCCCCCCCCCCCCCC1CCCCC1. The fourth-order valence-electron chi connectivity index (χ4n) is 7.17. The van der Waals surface area contributed by atoms with Crippen molar-refractivity contribution < 1.29 is 19.4 Å². The van der Waals surface area contributed by atoms with Crippen molar-refractivity contribution in [2.45, 2.75) is 258 Å². The highest BCUT2D eigenvalue weighted by molar-refractivity contribution is 5.69. The van der Waals surface area contributed by atoms with Crippen LogP contribution in [-0.2, 0) is 14.3 Å². The summed E-state index contributed by atoms with van der Waals surface area (Å²) >= 11 is 0. The van der Waals surface area contributed by atoms with Gasteiger partial charge >= 0.3 is 11.9 Å². The topological polar surface area (TPSA) is 63.6 Å². The molecule has 0 aromatic rings. The van der Waals surface area contributed by atoms with Gasteiger partial charge in [-0.15, -0.1) is 0 Å². The predicted molar refractivity (Wildman–Crippen MR) is 209 cm³/mol. The molecular formula is C44H86O4. The van der Waals surface area contributed by atoms with Crippen LogP contribution >= 0.6 is 0 Å². The van der Waals surface area contributed by atoms with Crippen molar-refractivity contribution in [3.05, 3.63) is 0 Å². The van der Waals surface area contributed by atoms with Crippen molar-refractivity contribution in [2.75, 3.05) is 6.61 Å². The van der Waals surface area contributed by atoms with E-state index in [4.69, 9.17) is 9.84 Å². The van der Waals surface area contributed by atoms with E-state index in [9.17, 15) is 9.59 Å². The Morgan fingerprint density at radius 2 is 0.812 bits per heavy atom. The van der Waals surface area contributed by atoms with Crippen molar-refractivity contribution in [1.82, 2.24) is 0 Å². The Hall–Kier alpha value is -1.06. The molecule has 0 radical (unpaired) electrons. The highest BCUT2D eigenvalue weighted by Crippen LogP contribution is 2.28. The number of carbonyl (C=O) groups excluding carboxylic acids is 1. The summed E-state index contributed by atoms with van der Waals surface area (Å²) in [6, 6.07) is 0. The zero-order chi connectivity index (χ0) is 35.0. The second-order valence-corrected chi connectivity index (χ2v) is 15.3. The molecule has 0 heterocycles. The summed E-state index contributed by atoms with van der Waals surface area (Å²) in [6.07, 6.45) is 49.7. The lowest BCUT2D eigenvalue weighted by molar-refractivity contribution is -0.144. The number of carboxylic acid groups (broad SMARTS) is 1. The third kappa shape index (κ3) is 39.4. The lowest BCUT2D eigenvalue weighted by Gasteiger charge is -2.21. The Kier molecular flexibility index (Phi) is 39.5. The van der Waals surface area contributed by atoms with Crippen molar-refractivity contribution in [3.8, 4) is 0 Å². The maximum absolute atomic E-state index is 11.4. The fraction of sp³-hybridized carbons (Fsp3) is 0.955. The molecule has 0 aliphatic heterocycles. The van der Waals surface area contributed by atoms with Crippen molar-refractivity contribution >= 4 is 11.9 Å². The normalized spacial score (nSPS) is 13.3. The van der Waals surface area contributed by atoms with Crippen LogP contribution in [0.2, 0.25) is 0 Å². The van der Waals surface area contributed by atoms with E-state index < -0.39 is 5.97 Å². The summed E-state index contributed by atoms with van der Waals surface area (Å²) in [7, 11) is 0. The maximum Gasteiger partial charge on any atom is 0.305 e. The smallest absolute Gasteiger partial charge is 0.305 e. The van der Waals surface area contributed by atoms with Gasteiger partial charge in [-0.25, -0.2) is 0 Å². The summed E-state index contributed by atoms with van der Waals surface area (Å²) < 4.78 is 5.16. The van der Waals surface area contributed by atoms with Gasteiger partial charge < -0.3 is 9.84 Å². The van der Waals surface area contributed by atoms with Crippen molar-refractivity contribution in [2.24, 2.45) is 5.92 Å². The number of esters is 1. The van der Waals surface area contributed by atoms with Crippen LogP contribution in [0.5, 0.6) is 0 Å². The summed E-state index contributed by atoms with van der Waals surface area (Å²) in [5, 5.41) is 8.56. The van der Waals surface area contributed by atoms with E-state index in [0.717, 1.165) is 38.0 Å². The summed E-state index contributed by atoms with van der Waals surface area (Å²) in [4.78, 5) is 21.8. The van der Waals surface area contributed by atoms with E-state index in [-0.39, 0.29) is 5.97 Å². The van der Waals surface area contributed by atoms with Gasteiger partial charge in [-0.05, 0) is 25.2 Å². The molecule has 286 valence electrons. The minimum atomic E-state index is -0.649. The Morgan fingerprint density at radius 3 is 1.21 bits per heavy atom. The van der Waals surface area contributed by atoms with E-state index in [1.54, 1.807) is 0 Å². The quantitative estimate of drug-likeness (QED) is 0.0535. The third-order valence-electron chi connectivity index (χ3n) is 10.5. The molecule has 1 aliphatic rings. The molecule has 1 fully saturated rings. The summed E-state index contributed by atoms with van der Waals surface area (Å²) in [5.41, 5.74) is 0. The zero-order valence-electron chi connectivity index (χ0n) is 32.8. The first-order valence-electron chi connectivity index (χ1n) is 22.0. The van der Waals surface area contributed by atoms with Crippen molar-refractivity contribution in [1.29, 1.82) is 0 Å². The van der Waals surface area contributed by atoms with Gasteiger partial charge in [0.15, 0.2) is 0 Å². The van der Waals surface area contributed by atoms with Crippen molar-refractivity contribution in [3.63, 3.8) is 0 Å². The third-order valence-corrected chi connectivity index (χ3v) is 10.5. The minimum Gasteiger partial charge on any atom is -0.481 e. The highest BCUT2D eigenvalue weighted by Gasteiger charge is 2.12. The Balaban J connectivity index is 0.000000920. The van der Waals surface area contributed by atoms with Crippen LogP contribution in [0.1, 0.15) is 258 Å². The average Bonchev–Trinajstić information content (AvgIpc) is 3.09. The van der Waals surface area contributed by atoms with Gasteiger partial charge in [0.25, 0.3) is 0 Å². The molecule has 1 saturated carbocycles. The van der Waals surface area contributed by atoms with Gasteiger partial charge in [-0.3, -0.25) is 9.59 Å². The van der Waals surface area contributed by atoms with Crippen LogP contribution in [0.15, 0.2) is 0 Å². The second-order valence-electron chi connectivity index (χ2n) is 15.3. The number of rotatable bonds is 35. The van der Waals surface area contributed by atoms with E-state index in [0.29, 0.717) is 19.4 Å². The van der Waals surface area contributed by atoms with Gasteiger partial charge in [-0.1, -0.05) is 226 Å². The zero-order valence-corrected chi connectivity index (χ0v) is 32.8. The summed E-state index contributed by atoms with van der Waals surface area (Å²) in [6.45, 7) is 5.00. The molecule has 0 unspecified atom stereocenters. The average molecular weight is 679 g/mol. The molecule has 0 aromatic carbocycles. The molecule has 0 atom stereocenters. The largest absolute Gasteiger partial charge is 0.481 e. The van der Waals surface area contributed by atoms with Crippen LogP contribution in [0.3, 0.4) is 0 Å². The van der Waals surface area contributed by atoms with Gasteiger partial charge in [0, 0.05) is 12.8 Å². The van der Waals surface area contributed by atoms with Crippen LogP contribution in [-0.4, -0.2) is 23.7 Å². The van der Waals surface area contributed by atoms with E-state index in [1.165, 1.54) is 199 Å². The number of hydrogen-bond donors (Lipinski definition) is 1. The van der Waals surface area contributed by atoms with Gasteiger partial charge in [0.05, 0.1) is 6.61 Å². The Labute approximate surface area is 301 Å². The molecule has 4 heteroatoms. The second kappa shape index (κ2) is 40.4. The first-order chi connectivity index (χ1) is 23.6. The number of aliphatic carboxylic acids is 1. The molecule has 0 saturated heterocycles. The molecule has 1 rings (SSSR count). The molecular weight excluding hydrogens is 592 g/mol. The Bertz CT molecular complexity index is 642. The number of hydrogen-bond acceptors (Lipinski definition) is 3. The minimum absolute atomic E-state index is 0.00172. The fourth-order valence-corrected chi connectivity index (χ4v) is 7.17. The first kappa shape index (κ1) is 46.9. The lowest BCUT2D eigenvalue weighted by Crippen LogP contribution is -2.05. The van der Waals surface area contributed by atoms with Crippen LogP contribution in [0.25, 0.3) is 0 Å².